The minimum Gasteiger partial charge on any atom is -0.379 e. The molecule has 2 fully saturated rings. The minimum atomic E-state index is 0.621. The molecule has 0 amide bonds. The fourth-order valence-corrected chi connectivity index (χ4v) is 2.64. The average Bonchev–Trinajstić information content (AvgIpc) is 2.74. The molecule has 2 heterocycles. The summed E-state index contributed by atoms with van der Waals surface area (Å²) in [4.78, 5) is 2.57. The Morgan fingerprint density at radius 1 is 1.47 bits per heavy atom. The lowest BCUT2D eigenvalue weighted by atomic mass is 10.1. The van der Waals surface area contributed by atoms with Crippen LogP contribution in [0.15, 0.2) is 0 Å². The van der Waals surface area contributed by atoms with Crippen LogP contribution in [0.4, 0.5) is 0 Å². The zero-order valence-electron chi connectivity index (χ0n) is 9.87. The van der Waals surface area contributed by atoms with E-state index < -0.39 is 0 Å². The summed E-state index contributed by atoms with van der Waals surface area (Å²) in [6, 6.07) is 1.43. The largest absolute Gasteiger partial charge is 0.379 e. The molecular formula is C12H24N2O. The second-order valence-corrected chi connectivity index (χ2v) is 4.90. The van der Waals surface area contributed by atoms with Gasteiger partial charge >= 0.3 is 0 Å². The van der Waals surface area contributed by atoms with E-state index >= 15 is 0 Å². The molecule has 3 heteroatoms. The Hall–Kier alpha value is -0.120. The lowest BCUT2D eigenvalue weighted by molar-refractivity contribution is -0.00108. The van der Waals surface area contributed by atoms with Crippen molar-refractivity contribution in [2.45, 2.75) is 44.7 Å². The summed E-state index contributed by atoms with van der Waals surface area (Å²) in [6.07, 6.45) is 5.45. The monoisotopic (exact) mass is 212 g/mol. The Balaban J connectivity index is 1.59. The molecule has 0 aromatic rings. The van der Waals surface area contributed by atoms with Crippen molar-refractivity contribution in [2.75, 3.05) is 32.8 Å². The standard InChI is InChI=1S/C12H24N2O/c1-11-10-15-9-8-14(11)7-3-5-12-4-2-6-13-12/h11-13H,2-10H2,1H3. The minimum absolute atomic E-state index is 0.621. The van der Waals surface area contributed by atoms with E-state index in [1.807, 2.05) is 0 Å². The quantitative estimate of drug-likeness (QED) is 0.759. The van der Waals surface area contributed by atoms with E-state index in [1.54, 1.807) is 0 Å². The van der Waals surface area contributed by atoms with Gasteiger partial charge in [0, 0.05) is 18.6 Å². The molecule has 3 nitrogen and oxygen atoms in total. The summed E-state index contributed by atoms with van der Waals surface area (Å²) in [5.74, 6) is 0. The van der Waals surface area contributed by atoms with E-state index in [0.717, 1.165) is 25.8 Å². The number of hydrogen-bond acceptors (Lipinski definition) is 3. The molecular weight excluding hydrogens is 188 g/mol. The third kappa shape index (κ3) is 3.44. The van der Waals surface area contributed by atoms with E-state index in [1.165, 1.54) is 38.8 Å². The van der Waals surface area contributed by atoms with Crippen LogP contribution in [-0.2, 0) is 4.74 Å². The van der Waals surface area contributed by atoms with Crippen LogP contribution < -0.4 is 5.32 Å². The van der Waals surface area contributed by atoms with Gasteiger partial charge in [-0.2, -0.15) is 0 Å². The van der Waals surface area contributed by atoms with Gasteiger partial charge in [-0.25, -0.2) is 0 Å². The fourth-order valence-electron chi connectivity index (χ4n) is 2.64. The molecule has 1 N–H and O–H groups in total. The Bertz CT molecular complexity index is 180. The highest BCUT2D eigenvalue weighted by Crippen LogP contribution is 2.13. The maximum atomic E-state index is 5.44. The number of morpholine rings is 1. The van der Waals surface area contributed by atoms with Gasteiger partial charge in [-0.05, 0) is 45.7 Å². The van der Waals surface area contributed by atoms with Gasteiger partial charge in [0.05, 0.1) is 13.2 Å². The van der Waals surface area contributed by atoms with Crippen LogP contribution in [0.3, 0.4) is 0 Å². The van der Waals surface area contributed by atoms with Crippen LogP contribution >= 0.6 is 0 Å². The number of nitrogens with one attached hydrogen (secondary N) is 1. The highest BCUT2D eigenvalue weighted by molar-refractivity contribution is 4.76. The zero-order valence-corrected chi connectivity index (χ0v) is 9.87. The first kappa shape index (κ1) is 11.4. The van der Waals surface area contributed by atoms with Gasteiger partial charge in [0.15, 0.2) is 0 Å². The predicted octanol–water partition coefficient (Wildman–Crippen LogP) is 1.24. The molecule has 88 valence electrons. The van der Waals surface area contributed by atoms with Crippen molar-refractivity contribution >= 4 is 0 Å². The first-order valence-corrected chi connectivity index (χ1v) is 6.41. The first-order valence-electron chi connectivity index (χ1n) is 6.41. The molecule has 2 atom stereocenters. The Morgan fingerprint density at radius 3 is 3.13 bits per heavy atom. The van der Waals surface area contributed by atoms with Crippen LogP contribution in [0, 0.1) is 0 Å². The lowest BCUT2D eigenvalue weighted by Crippen LogP contribution is -2.44. The lowest BCUT2D eigenvalue weighted by Gasteiger charge is -2.33. The molecule has 0 aromatic heterocycles. The number of nitrogens with zero attached hydrogens (tertiary/aromatic N) is 1. The Labute approximate surface area is 93.2 Å². The van der Waals surface area contributed by atoms with Gasteiger partial charge in [0.25, 0.3) is 0 Å². The number of hydrogen-bond donors (Lipinski definition) is 1. The summed E-state index contributed by atoms with van der Waals surface area (Å²) in [6.45, 7) is 7.72. The molecule has 0 aromatic carbocycles. The van der Waals surface area contributed by atoms with Crippen molar-refractivity contribution in [1.82, 2.24) is 10.2 Å². The van der Waals surface area contributed by atoms with Crippen molar-refractivity contribution in [1.29, 1.82) is 0 Å². The van der Waals surface area contributed by atoms with Crippen molar-refractivity contribution in [3.8, 4) is 0 Å². The van der Waals surface area contributed by atoms with Crippen LogP contribution in [0.25, 0.3) is 0 Å². The molecule has 0 spiro atoms. The molecule has 0 radical (unpaired) electrons. The molecule has 0 bridgehead atoms. The summed E-state index contributed by atoms with van der Waals surface area (Å²) >= 11 is 0. The highest BCUT2D eigenvalue weighted by Gasteiger charge is 2.19. The summed E-state index contributed by atoms with van der Waals surface area (Å²) < 4.78 is 5.44. The van der Waals surface area contributed by atoms with Gasteiger partial charge in [-0.1, -0.05) is 0 Å². The molecule has 2 unspecified atom stereocenters. The Morgan fingerprint density at radius 2 is 2.40 bits per heavy atom. The smallest absolute Gasteiger partial charge is 0.0619 e. The SMILES string of the molecule is CC1COCCN1CCCC1CCCN1. The maximum absolute atomic E-state index is 5.44. The van der Waals surface area contributed by atoms with Crippen molar-refractivity contribution < 1.29 is 4.74 Å². The van der Waals surface area contributed by atoms with Gasteiger partial charge in [-0.3, -0.25) is 4.90 Å². The van der Waals surface area contributed by atoms with Crippen molar-refractivity contribution in [3.05, 3.63) is 0 Å². The average molecular weight is 212 g/mol. The van der Waals surface area contributed by atoms with Crippen LogP contribution in [-0.4, -0.2) is 49.8 Å². The van der Waals surface area contributed by atoms with E-state index in [4.69, 9.17) is 4.74 Å². The molecule has 0 aliphatic carbocycles. The molecule has 0 saturated carbocycles. The van der Waals surface area contributed by atoms with Gasteiger partial charge in [0.1, 0.15) is 0 Å². The third-order valence-corrected chi connectivity index (χ3v) is 3.67. The third-order valence-electron chi connectivity index (χ3n) is 3.67. The second kappa shape index (κ2) is 5.83. The van der Waals surface area contributed by atoms with Crippen LogP contribution in [0.2, 0.25) is 0 Å². The van der Waals surface area contributed by atoms with Crippen molar-refractivity contribution in [3.63, 3.8) is 0 Å². The van der Waals surface area contributed by atoms with E-state index in [2.05, 4.69) is 17.1 Å². The fraction of sp³-hybridized carbons (Fsp3) is 1.00. The number of rotatable bonds is 4. The van der Waals surface area contributed by atoms with E-state index in [0.29, 0.717) is 6.04 Å². The van der Waals surface area contributed by atoms with Crippen LogP contribution in [0.5, 0.6) is 0 Å². The van der Waals surface area contributed by atoms with Crippen molar-refractivity contribution in [2.24, 2.45) is 0 Å². The number of ether oxygens (including phenoxy) is 1. The van der Waals surface area contributed by atoms with Crippen LogP contribution in [0.1, 0.15) is 32.6 Å². The van der Waals surface area contributed by atoms with Gasteiger partial charge < -0.3 is 10.1 Å². The highest BCUT2D eigenvalue weighted by atomic mass is 16.5. The topological polar surface area (TPSA) is 24.5 Å². The normalized spacial score (nSPS) is 33.4. The summed E-state index contributed by atoms with van der Waals surface area (Å²) in [5.41, 5.74) is 0. The van der Waals surface area contributed by atoms with E-state index in [-0.39, 0.29) is 0 Å². The predicted molar refractivity (Wildman–Crippen MR) is 62.1 cm³/mol. The zero-order chi connectivity index (χ0) is 10.5. The molecule has 2 rings (SSSR count). The van der Waals surface area contributed by atoms with Gasteiger partial charge in [-0.15, -0.1) is 0 Å². The molecule has 15 heavy (non-hydrogen) atoms. The molecule has 2 saturated heterocycles. The molecule has 2 aliphatic rings. The van der Waals surface area contributed by atoms with Gasteiger partial charge in [0.2, 0.25) is 0 Å². The first-order chi connectivity index (χ1) is 7.36. The summed E-state index contributed by atoms with van der Waals surface area (Å²) in [5, 5.41) is 3.56. The summed E-state index contributed by atoms with van der Waals surface area (Å²) in [7, 11) is 0. The second-order valence-electron chi connectivity index (χ2n) is 4.90. The Kier molecular flexibility index (Phi) is 4.42. The molecule has 2 aliphatic heterocycles. The van der Waals surface area contributed by atoms with E-state index in [9.17, 15) is 0 Å². The maximum Gasteiger partial charge on any atom is 0.0619 e.